The predicted molar refractivity (Wildman–Crippen MR) is 109 cm³/mol. The zero-order valence-corrected chi connectivity index (χ0v) is 16.7. The van der Waals surface area contributed by atoms with Gasteiger partial charge in [0.25, 0.3) is 0 Å². The number of hydrogen-bond acceptors (Lipinski definition) is 4. The van der Waals surface area contributed by atoms with Gasteiger partial charge in [-0.2, -0.15) is 0 Å². The first-order chi connectivity index (χ1) is 12.5. The second kappa shape index (κ2) is 9.50. The average molecular weight is 374 g/mol. The fourth-order valence-corrected chi connectivity index (χ4v) is 3.83. The molecule has 0 unspecified atom stereocenters. The van der Waals surface area contributed by atoms with E-state index in [1.807, 2.05) is 18.2 Å². The summed E-state index contributed by atoms with van der Waals surface area (Å²) in [5.74, 6) is 7.14. The van der Waals surface area contributed by atoms with Crippen molar-refractivity contribution in [3.05, 3.63) is 53.1 Å². The van der Waals surface area contributed by atoms with Crippen LogP contribution in [-0.2, 0) is 18.6 Å². The number of aryl methyl sites for hydroxylation is 2. The number of hydrogen-bond donors (Lipinski definition) is 2. The number of carbonyl (C=O) groups excluding carboxylic acids is 1. The standard InChI is InChI=1S/C20H27N3O2S/c1-5-14-10-11-18(25-4)19(12-14)26-13-16-15(6-2)8-7-9-17(16)22-20(24)23(3)21/h7-12H,5-6,13,21H2,1-4H3,(H,22,24). The number of nitrogens with two attached hydrogens (primary N) is 1. The normalized spacial score (nSPS) is 10.5. The number of urea groups is 1. The van der Waals surface area contributed by atoms with Crippen LogP contribution in [0.25, 0.3) is 0 Å². The van der Waals surface area contributed by atoms with Crippen LogP contribution in [0.5, 0.6) is 5.75 Å². The monoisotopic (exact) mass is 373 g/mol. The van der Waals surface area contributed by atoms with Gasteiger partial charge in [0.15, 0.2) is 0 Å². The Morgan fingerprint density at radius 3 is 2.62 bits per heavy atom. The number of carbonyl (C=O) groups is 1. The summed E-state index contributed by atoms with van der Waals surface area (Å²) in [6.07, 6.45) is 1.87. The first-order valence-corrected chi connectivity index (χ1v) is 9.68. The van der Waals surface area contributed by atoms with E-state index in [9.17, 15) is 4.79 Å². The van der Waals surface area contributed by atoms with Gasteiger partial charge in [-0.3, -0.25) is 5.01 Å². The van der Waals surface area contributed by atoms with Crippen LogP contribution in [0.15, 0.2) is 41.3 Å². The molecule has 0 atom stereocenters. The molecule has 5 nitrogen and oxygen atoms in total. The maximum absolute atomic E-state index is 12.0. The van der Waals surface area contributed by atoms with Crippen molar-refractivity contribution in [3.63, 3.8) is 0 Å². The summed E-state index contributed by atoms with van der Waals surface area (Å²) >= 11 is 1.71. The Hall–Kier alpha value is -2.18. The fourth-order valence-electron chi connectivity index (χ4n) is 2.66. The lowest BCUT2D eigenvalue weighted by atomic mass is 10.0. The summed E-state index contributed by atoms with van der Waals surface area (Å²) in [6, 6.07) is 11.9. The minimum Gasteiger partial charge on any atom is -0.496 e. The second-order valence-corrected chi connectivity index (χ2v) is 6.98. The summed E-state index contributed by atoms with van der Waals surface area (Å²) in [5.41, 5.74) is 4.39. The number of ether oxygens (including phenoxy) is 1. The maximum Gasteiger partial charge on any atom is 0.335 e. The highest BCUT2D eigenvalue weighted by Gasteiger charge is 2.13. The molecule has 0 aliphatic rings. The molecule has 0 saturated heterocycles. The molecule has 2 aromatic carbocycles. The van der Waals surface area contributed by atoms with Crippen LogP contribution in [0.2, 0.25) is 0 Å². The highest BCUT2D eigenvalue weighted by molar-refractivity contribution is 7.98. The van der Waals surface area contributed by atoms with E-state index in [4.69, 9.17) is 10.6 Å². The number of benzene rings is 2. The molecule has 0 saturated carbocycles. The lowest BCUT2D eigenvalue weighted by Crippen LogP contribution is -2.37. The van der Waals surface area contributed by atoms with E-state index >= 15 is 0 Å². The number of amides is 2. The number of rotatable bonds is 7. The summed E-state index contributed by atoms with van der Waals surface area (Å²) in [6.45, 7) is 4.25. The molecule has 0 fully saturated rings. The molecule has 0 aromatic heterocycles. The van der Waals surface area contributed by atoms with Gasteiger partial charge in [-0.25, -0.2) is 10.6 Å². The smallest absolute Gasteiger partial charge is 0.335 e. The van der Waals surface area contributed by atoms with Crippen molar-refractivity contribution >= 4 is 23.5 Å². The SMILES string of the molecule is CCc1ccc(OC)c(SCc2c(CC)cccc2NC(=O)N(C)N)c1. The summed E-state index contributed by atoms with van der Waals surface area (Å²) < 4.78 is 5.50. The van der Waals surface area contributed by atoms with E-state index in [0.717, 1.165) is 45.5 Å². The van der Waals surface area contributed by atoms with Crippen molar-refractivity contribution in [2.75, 3.05) is 19.5 Å². The zero-order valence-electron chi connectivity index (χ0n) is 15.8. The molecular formula is C20H27N3O2S. The third-order valence-corrected chi connectivity index (χ3v) is 5.29. The van der Waals surface area contributed by atoms with E-state index in [-0.39, 0.29) is 6.03 Å². The van der Waals surface area contributed by atoms with Gasteiger partial charge in [0.1, 0.15) is 5.75 Å². The van der Waals surface area contributed by atoms with Crippen LogP contribution >= 0.6 is 11.8 Å². The molecule has 0 spiro atoms. The summed E-state index contributed by atoms with van der Waals surface area (Å²) in [7, 11) is 3.21. The van der Waals surface area contributed by atoms with Gasteiger partial charge in [-0.15, -0.1) is 11.8 Å². The molecule has 2 amide bonds. The van der Waals surface area contributed by atoms with Crippen LogP contribution in [0.4, 0.5) is 10.5 Å². The fraction of sp³-hybridized carbons (Fsp3) is 0.350. The van der Waals surface area contributed by atoms with Crippen LogP contribution in [0.3, 0.4) is 0 Å². The van der Waals surface area contributed by atoms with Gasteiger partial charge >= 0.3 is 6.03 Å². The van der Waals surface area contributed by atoms with Gasteiger partial charge in [-0.1, -0.05) is 32.0 Å². The molecule has 26 heavy (non-hydrogen) atoms. The Balaban J connectivity index is 2.30. The van der Waals surface area contributed by atoms with Crippen LogP contribution in [-0.4, -0.2) is 25.2 Å². The van der Waals surface area contributed by atoms with E-state index in [0.29, 0.717) is 0 Å². The van der Waals surface area contributed by atoms with Crippen molar-refractivity contribution in [3.8, 4) is 5.75 Å². The zero-order chi connectivity index (χ0) is 19.1. The van der Waals surface area contributed by atoms with Gasteiger partial charge in [0, 0.05) is 23.4 Å². The Morgan fingerprint density at radius 2 is 2.00 bits per heavy atom. The van der Waals surface area contributed by atoms with Gasteiger partial charge in [0.2, 0.25) is 0 Å². The highest BCUT2D eigenvalue weighted by atomic mass is 32.2. The lowest BCUT2D eigenvalue weighted by Gasteiger charge is -2.18. The molecule has 0 aliphatic carbocycles. The first kappa shape index (κ1) is 20.1. The van der Waals surface area contributed by atoms with Crippen molar-refractivity contribution in [2.24, 2.45) is 5.84 Å². The minimum atomic E-state index is -0.338. The largest absolute Gasteiger partial charge is 0.496 e. The molecular weight excluding hydrogens is 346 g/mol. The molecule has 0 heterocycles. The van der Waals surface area contributed by atoms with E-state index in [1.54, 1.807) is 18.9 Å². The van der Waals surface area contributed by atoms with Crippen molar-refractivity contribution in [1.82, 2.24) is 5.01 Å². The summed E-state index contributed by atoms with van der Waals surface area (Å²) in [5, 5.41) is 3.93. The molecule has 140 valence electrons. The van der Waals surface area contributed by atoms with Crippen LogP contribution < -0.4 is 15.9 Å². The second-order valence-electron chi connectivity index (χ2n) is 5.97. The van der Waals surface area contributed by atoms with E-state index < -0.39 is 0 Å². The number of nitrogens with one attached hydrogen (secondary N) is 1. The Bertz CT molecular complexity index is 763. The highest BCUT2D eigenvalue weighted by Crippen LogP contribution is 2.35. The number of anilines is 1. The average Bonchev–Trinajstić information content (AvgIpc) is 2.66. The Morgan fingerprint density at radius 1 is 1.23 bits per heavy atom. The van der Waals surface area contributed by atoms with Crippen molar-refractivity contribution in [2.45, 2.75) is 37.3 Å². The molecule has 3 N–H and O–H groups in total. The number of hydrazine groups is 1. The van der Waals surface area contributed by atoms with Gasteiger partial charge in [-0.05, 0) is 47.7 Å². The van der Waals surface area contributed by atoms with Gasteiger partial charge < -0.3 is 10.1 Å². The first-order valence-electron chi connectivity index (χ1n) is 8.70. The van der Waals surface area contributed by atoms with Crippen LogP contribution in [0, 0.1) is 0 Å². The van der Waals surface area contributed by atoms with Crippen LogP contribution in [0.1, 0.15) is 30.5 Å². The third kappa shape index (κ3) is 4.93. The Labute approximate surface area is 159 Å². The number of nitrogens with zero attached hydrogens (tertiary/aromatic N) is 1. The number of thioether (sulfide) groups is 1. The van der Waals surface area contributed by atoms with E-state index in [2.05, 4.69) is 37.4 Å². The summed E-state index contributed by atoms with van der Waals surface area (Å²) in [4.78, 5) is 13.1. The molecule has 6 heteroatoms. The Kier molecular flexibility index (Phi) is 7.36. The quantitative estimate of drug-likeness (QED) is 0.326. The number of methoxy groups -OCH3 is 1. The molecule has 0 bridgehead atoms. The lowest BCUT2D eigenvalue weighted by molar-refractivity contribution is 0.223. The molecule has 2 aromatic rings. The molecule has 0 aliphatic heterocycles. The van der Waals surface area contributed by atoms with E-state index in [1.165, 1.54) is 18.2 Å². The van der Waals surface area contributed by atoms with Crippen molar-refractivity contribution < 1.29 is 9.53 Å². The molecule has 0 radical (unpaired) electrons. The minimum absolute atomic E-state index is 0.338. The third-order valence-electron chi connectivity index (χ3n) is 4.22. The van der Waals surface area contributed by atoms with Crippen molar-refractivity contribution in [1.29, 1.82) is 0 Å². The topological polar surface area (TPSA) is 67.6 Å². The molecule has 2 rings (SSSR count). The maximum atomic E-state index is 12.0. The van der Waals surface area contributed by atoms with Gasteiger partial charge in [0.05, 0.1) is 7.11 Å². The predicted octanol–water partition coefficient (Wildman–Crippen LogP) is 4.45.